The molecular weight excluding hydrogens is 981 g/mol. The summed E-state index contributed by atoms with van der Waals surface area (Å²) in [5.41, 5.74) is -4.63. The molecule has 2 aromatic rings. The summed E-state index contributed by atoms with van der Waals surface area (Å²) in [5, 5.41) is 80.4. The number of nitrogens with zero attached hydrogens (tertiary/aromatic N) is 2. The summed E-state index contributed by atoms with van der Waals surface area (Å²) in [5.74, 6) is -4.87. The lowest BCUT2D eigenvalue weighted by atomic mass is 9.70. The molecule has 21 heteroatoms. The number of likely N-dealkylation sites (N-methyl/N-ethyl adjacent to an activating group) is 2. The molecule has 5 fully saturated rings. The van der Waals surface area contributed by atoms with Crippen LogP contribution < -0.4 is 0 Å². The van der Waals surface area contributed by atoms with E-state index in [1.807, 2.05) is 65.7 Å². The summed E-state index contributed by atoms with van der Waals surface area (Å²) < 4.78 is 64.5. The Balaban J connectivity index is 1.00. The summed E-state index contributed by atoms with van der Waals surface area (Å²) in [7, 11) is 7.58. The molecule has 0 bridgehead atoms. The first-order chi connectivity index (χ1) is 35.5. The smallest absolute Gasteiger partial charge is 0.202 e. The van der Waals surface area contributed by atoms with Crippen molar-refractivity contribution in [2.24, 2.45) is 0 Å². The minimum absolute atomic E-state index is 0.00613. The topological polar surface area (TPSA) is 275 Å². The Morgan fingerprint density at radius 3 is 1.43 bits per heavy atom. The first kappa shape index (κ1) is 56.1. The molecule has 5 saturated heterocycles. The van der Waals surface area contributed by atoms with Crippen molar-refractivity contribution in [1.82, 2.24) is 9.80 Å². The first-order valence-electron chi connectivity index (χ1n) is 26.7. The van der Waals surface area contributed by atoms with Crippen LogP contribution in [-0.4, -0.2) is 195 Å². The van der Waals surface area contributed by atoms with Gasteiger partial charge in [0.2, 0.25) is 11.6 Å². The van der Waals surface area contributed by atoms with E-state index in [0.29, 0.717) is 38.5 Å². The van der Waals surface area contributed by atoms with Gasteiger partial charge in [-0.25, -0.2) is 0 Å². The van der Waals surface area contributed by atoms with Crippen LogP contribution in [0.2, 0.25) is 0 Å². The summed E-state index contributed by atoms with van der Waals surface area (Å²) in [4.78, 5) is 32.9. The molecule has 418 valence electrons. The van der Waals surface area contributed by atoms with Gasteiger partial charge in [-0.1, -0.05) is 6.92 Å². The number of aromatic hydroxyl groups is 4. The van der Waals surface area contributed by atoms with Gasteiger partial charge in [0.05, 0.1) is 82.8 Å². The Labute approximate surface area is 437 Å². The SMILES string of the molecule is CCC1(O)CC(OC2CC(N(C)C)C(OC3CCC(O)C(C)O3)C(C)O2)c2c(O)c3c(c(O)c2C1OC1CC(N(C)C)C(OC2CCC(OC4CCC(O)C(C)O4)C(C)O2)C(C)O1)C(=O)c1c(O)ccc(O)c1C3=O. The normalized spacial score (nSPS) is 40.3. The van der Waals surface area contributed by atoms with Crippen molar-refractivity contribution >= 4 is 11.6 Å². The van der Waals surface area contributed by atoms with E-state index in [0.717, 1.165) is 12.1 Å². The van der Waals surface area contributed by atoms with Crippen molar-refractivity contribution in [1.29, 1.82) is 0 Å². The molecule has 0 spiro atoms. The second-order valence-electron chi connectivity index (χ2n) is 22.2. The van der Waals surface area contributed by atoms with Gasteiger partial charge in [-0.15, -0.1) is 0 Å². The van der Waals surface area contributed by atoms with Gasteiger partial charge in [-0.05, 0) is 101 Å². The molecule has 0 saturated carbocycles. The van der Waals surface area contributed by atoms with Crippen LogP contribution in [0.4, 0.5) is 0 Å². The van der Waals surface area contributed by atoms with Gasteiger partial charge in [0.25, 0.3) is 0 Å². The molecule has 21 nitrogen and oxygen atoms in total. The second-order valence-corrected chi connectivity index (χ2v) is 22.2. The van der Waals surface area contributed by atoms with Crippen LogP contribution in [-0.2, 0) is 47.4 Å². The summed E-state index contributed by atoms with van der Waals surface area (Å²) in [6.45, 7) is 10.9. The fourth-order valence-electron chi connectivity index (χ4n) is 12.3. The van der Waals surface area contributed by atoms with E-state index in [2.05, 4.69) is 0 Å². The van der Waals surface area contributed by atoms with E-state index in [4.69, 9.17) is 47.4 Å². The highest BCUT2D eigenvalue weighted by Crippen LogP contribution is 2.58. The quantitative estimate of drug-likeness (QED) is 0.116. The molecule has 9 rings (SSSR count). The maximum atomic E-state index is 14.5. The minimum atomic E-state index is -1.89. The standard InChI is InChI=1S/C54H78N2O19/c1-11-54(65)22-35(72-39-20-28(55(7)8)51(26(5)69-39)73-37-18-15-31(58)24(3)67-37)43-46(50(64)45-44(49(43)63)47(61)41-32(59)12-13-33(60)42(41)48(45)62)53(54)75-40-21-29(56(9)10)52(27(6)70-40)74-38-19-16-34(25(4)68-38)71-36-17-14-30(57)23(2)66-36/h12-13,23-31,34-40,51-53,57-60,63-65H,11,14-22H2,1-10H3. The molecule has 2 aliphatic carbocycles. The zero-order valence-electron chi connectivity index (χ0n) is 44.6. The Morgan fingerprint density at radius 1 is 0.547 bits per heavy atom. The van der Waals surface area contributed by atoms with Gasteiger partial charge in [-0.3, -0.25) is 9.59 Å². The lowest BCUT2D eigenvalue weighted by molar-refractivity contribution is -0.322. The summed E-state index contributed by atoms with van der Waals surface area (Å²) in [6, 6.07) is 1.45. The molecular formula is C54H78N2O19. The van der Waals surface area contributed by atoms with Crippen LogP contribution in [0.15, 0.2) is 12.1 Å². The van der Waals surface area contributed by atoms with Gasteiger partial charge >= 0.3 is 0 Å². The predicted octanol–water partition coefficient (Wildman–Crippen LogP) is 4.53. The van der Waals surface area contributed by atoms with Crippen LogP contribution in [0.1, 0.15) is 161 Å². The van der Waals surface area contributed by atoms with Gasteiger partial charge in [0.15, 0.2) is 31.5 Å². The number of phenols is 4. The third-order valence-electron chi connectivity index (χ3n) is 16.8. The second kappa shape index (κ2) is 22.3. The maximum Gasteiger partial charge on any atom is 0.202 e. The van der Waals surface area contributed by atoms with Crippen LogP contribution in [0.5, 0.6) is 23.0 Å². The zero-order valence-corrected chi connectivity index (χ0v) is 44.6. The number of ether oxygens (including phenoxy) is 10. The van der Waals surface area contributed by atoms with Crippen molar-refractivity contribution in [3.05, 3.63) is 45.5 Å². The number of benzene rings is 2. The minimum Gasteiger partial charge on any atom is -0.507 e. The molecule has 0 radical (unpaired) electrons. The highest BCUT2D eigenvalue weighted by molar-refractivity contribution is 6.32. The van der Waals surface area contributed by atoms with E-state index in [1.165, 1.54) is 0 Å². The lowest BCUT2D eigenvalue weighted by Gasteiger charge is -2.50. The number of aliphatic hydroxyl groups is 3. The Bertz CT molecular complexity index is 2410. The monoisotopic (exact) mass is 1060 g/mol. The lowest BCUT2D eigenvalue weighted by Crippen LogP contribution is -2.57. The van der Waals surface area contributed by atoms with E-state index in [-0.39, 0.29) is 67.2 Å². The fourth-order valence-corrected chi connectivity index (χ4v) is 12.3. The Hall–Kier alpha value is -3.62. The van der Waals surface area contributed by atoms with E-state index < -0.39 is 149 Å². The first-order valence-corrected chi connectivity index (χ1v) is 26.7. The van der Waals surface area contributed by atoms with Gasteiger partial charge < -0.3 is 92.9 Å². The molecule has 7 N–H and O–H groups in total. The molecule has 0 amide bonds. The van der Waals surface area contributed by atoms with E-state index >= 15 is 0 Å². The van der Waals surface area contributed by atoms with Crippen LogP contribution in [0, 0.1) is 0 Å². The van der Waals surface area contributed by atoms with Crippen molar-refractivity contribution in [3.63, 3.8) is 0 Å². The summed E-state index contributed by atoms with van der Waals surface area (Å²) in [6.07, 6.45) is -7.73. The van der Waals surface area contributed by atoms with Crippen LogP contribution in [0.3, 0.4) is 0 Å². The third kappa shape index (κ3) is 10.8. The van der Waals surface area contributed by atoms with Gasteiger partial charge in [-0.2, -0.15) is 0 Å². The number of carbonyl (C=O) groups is 2. The number of fused-ring (bicyclic) bond motifs is 3. The van der Waals surface area contributed by atoms with Crippen molar-refractivity contribution in [2.75, 3.05) is 28.2 Å². The highest BCUT2D eigenvalue weighted by atomic mass is 16.7. The largest absolute Gasteiger partial charge is 0.507 e. The number of phenolic OH excluding ortho intramolecular Hbond substituents is 4. The van der Waals surface area contributed by atoms with Crippen LogP contribution >= 0.6 is 0 Å². The highest BCUT2D eigenvalue weighted by Gasteiger charge is 2.55. The number of aliphatic hydroxyl groups excluding tert-OH is 2. The van der Waals surface area contributed by atoms with E-state index in [9.17, 15) is 45.3 Å². The average molecular weight is 1060 g/mol. The molecule has 75 heavy (non-hydrogen) atoms. The van der Waals surface area contributed by atoms with E-state index in [1.54, 1.807) is 13.8 Å². The molecule has 7 aliphatic rings. The molecule has 2 aromatic carbocycles. The van der Waals surface area contributed by atoms with Crippen molar-refractivity contribution < 1.29 is 92.7 Å². The number of hydrogen-bond donors (Lipinski definition) is 7. The number of ketones is 2. The molecule has 20 unspecified atom stereocenters. The number of carbonyl (C=O) groups excluding carboxylic acids is 2. The number of hydrogen-bond acceptors (Lipinski definition) is 21. The van der Waals surface area contributed by atoms with Crippen molar-refractivity contribution in [3.8, 4) is 23.0 Å². The van der Waals surface area contributed by atoms with Gasteiger partial charge in [0, 0.05) is 61.7 Å². The molecule has 20 atom stereocenters. The predicted molar refractivity (Wildman–Crippen MR) is 264 cm³/mol. The molecule has 5 heterocycles. The van der Waals surface area contributed by atoms with Crippen LogP contribution in [0.25, 0.3) is 0 Å². The molecule has 0 aromatic heterocycles. The average Bonchev–Trinajstić information content (AvgIpc) is 3.35. The maximum absolute atomic E-state index is 14.5. The Morgan fingerprint density at radius 2 is 0.973 bits per heavy atom. The third-order valence-corrected chi connectivity index (χ3v) is 16.8. The number of rotatable bonds is 13. The summed E-state index contributed by atoms with van der Waals surface area (Å²) >= 11 is 0. The molecule has 5 aliphatic heterocycles. The zero-order chi connectivity index (χ0) is 54.1. The van der Waals surface area contributed by atoms with Crippen molar-refractivity contribution in [2.45, 2.75) is 228 Å². The van der Waals surface area contributed by atoms with Gasteiger partial charge in [0.1, 0.15) is 41.3 Å². The Kier molecular flexibility index (Phi) is 16.7. The fraction of sp³-hybridized carbons (Fsp3) is 0.741.